The molecule has 0 radical (unpaired) electrons. The van der Waals surface area contributed by atoms with Gasteiger partial charge in [-0.2, -0.15) is 13.5 Å². The lowest BCUT2D eigenvalue weighted by molar-refractivity contribution is 0.0640. The Morgan fingerprint density at radius 3 is 2.24 bits per heavy atom. The number of benzene rings is 1. The summed E-state index contributed by atoms with van der Waals surface area (Å²) in [5.41, 5.74) is -0.670. The minimum atomic E-state index is -3.63. The summed E-state index contributed by atoms with van der Waals surface area (Å²) in [5, 5.41) is 2.96. The van der Waals surface area contributed by atoms with E-state index in [9.17, 15) is 18.1 Å². The van der Waals surface area contributed by atoms with Crippen LogP contribution in [0.4, 0.5) is 8.78 Å². The minimum absolute atomic E-state index is 0.0173. The zero-order chi connectivity index (χ0) is 21.9. The van der Waals surface area contributed by atoms with Crippen LogP contribution in [0.15, 0.2) is 16.9 Å². The Hall–Kier alpha value is -0.960. The normalized spacial score (nSPS) is 13.3. The maximum Gasteiger partial charge on any atom is 0.355 e. The van der Waals surface area contributed by atoms with Gasteiger partial charge in [-0.3, -0.25) is 4.57 Å². The largest absolute Gasteiger partial charge is 0.355 e. The van der Waals surface area contributed by atoms with Gasteiger partial charge in [0.1, 0.15) is 10.9 Å². The average Bonchev–Trinajstić information content (AvgIpc) is 2.91. The number of hydrogen-bond acceptors (Lipinski definition) is 5. The molecule has 7 nitrogen and oxygen atoms in total. The first-order valence-electron chi connectivity index (χ1n) is 8.53. The Kier molecular flexibility index (Phi) is 8.30. The second kappa shape index (κ2) is 9.90. The number of aromatic nitrogens is 3. The number of aryl methyl sites for hydroxylation is 1. The van der Waals surface area contributed by atoms with Crippen LogP contribution in [0.2, 0.25) is 10.0 Å². The average molecular weight is 493 g/mol. The molecule has 162 valence electrons. The zero-order valence-corrected chi connectivity index (χ0v) is 18.9. The third-order valence-electron chi connectivity index (χ3n) is 3.87. The fraction of sp³-hybridized carbons (Fsp3) is 0.500. The number of nitrogens with zero attached hydrogens (tertiary/aromatic N) is 3. The maximum atomic E-state index is 13.1. The quantitative estimate of drug-likeness (QED) is 0.345. The van der Waals surface area contributed by atoms with Crippen LogP contribution in [-0.4, -0.2) is 32.7 Å². The van der Waals surface area contributed by atoms with Gasteiger partial charge in [-0.15, -0.1) is 16.7 Å². The molecule has 13 heteroatoms. The predicted molar refractivity (Wildman–Crippen MR) is 108 cm³/mol. The highest BCUT2D eigenvalue weighted by atomic mass is 35.5. The molecule has 0 aliphatic rings. The highest BCUT2D eigenvalue weighted by molar-refractivity contribution is 7.56. The molecule has 0 bridgehead atoms. The van der Waals surface area contributed by atoms with Crippen molar-refractivity contribution >= 4 is 42.4 Å². The second-order valence-corrected chi connectivity index (χ2v) is 9.66. The molecule has 0 N–H and O–H groups in total. The van der Waals surface area contributed by atoms with E-state index in [-0.39, 0.29) is 45.8 Å². The Labute approximate surface area is 181 Å². The molecule has 2 aromatic rings. The first kappa shape index (κ1) is 24.3. The molecule has 0 amide bonds. The number of halogens is 5. The Bertz CT molecular complexity index is 973. The zero-order valence-electron chi connectivity index (χ0n) is 15.7. The van der Waals surface area contributed by atoms with E-state index in [0.717, 1.165) is 4.68 Å². The summed E-state index contributed by atoms with van der Waals surface area (Å²) in [6, 6.07) is 2.71. The van der Waals surface area contributed by atoms with Crippen LogP contribution in [0.25, 0.3) is 5.69 Å². The summed E-state index contributed by atoms with van der Waals surface area (Å²) < 4.78 is 50.4. The van der Waals surface area contributed by atoms with Crippen LogP contribution in [0.5, 0.6) is 0 Å². The topological polar surface area (TPSA) is 75.3 Å². The van der Waals surface area contributed by atoms with Crippen molar-refractivity contribution in [3.63, 3.8) is 0 Å². The first-order chi connectivity index (χ1) is 13.6. The van der Waals surface area contributed by atoms with Gasteiger partial charge in [-0.05, 0) is 38.5 Å². The monoisotopic (exact) mass is 491 g/mol. The van der Waals surface area contributed by atoms with E-state index in [1.54, 1.807) is 13.8 Å². The third-order valence-corrected chi connectivity index (χ3v) is 7.50. The van der Waals surface area contributed by atoms with Crippen molar-refractivity contribution in [1.29, 1.82) is 0 Å². The van der Waals surface area contributed by atoms with E-state index in [0.29, 0.717) is 5.56 Å². The first-order valence-corrected chi connectivity index (χ1v) is 11.3. The second-order valence-electron chi connectivity index (χ2n) is 5.80. The number of rotatable bonds is 9. The van der Waals surface area contributed by atoms with E-state index >= 15 is 0 Å². The van der Waals surface area contributed by atoms with E-state index in [2.05, 4.69) is 5.10 Å². The van der Waals surface area contributed by atoms with Crippen molar-refractivity contribution in [2.75, 3.05) is 13.2 Å². The van der Waals surface area contributed by atoms with Gasteiger partial charge in [0, 0.05) is 11.4 Å². The molecule has 0 spiro atoms. The van der Waals surface area contributed by atoms with Gasteiger partial charge < -0.3 is 9.05 Å². The molecule has 0 saturated heterocycles. The van der Waals surface area contributed by atoms with Crippen LogP contribution >= 0.6 is 42.4 Å². The summed E-state index contributed by atoms with van der Waals surface area (Å²) in [5.74, 6) is -0.190. The molecule has 29 heavy (non-hydrogen) atoms. The molecular weight excluding hydrogens is 474 g/mol. The molecule has 0 saturated carbocycles. The summed E-state index contributed by atoms with van der Waals surface area (Å²) in [7, 11) is -3.63. The van der Waals surface area contributed by atoms with E-state index in [1.807, 2.05) is 0 Å². The van der Waals surface area contributed by atoms with Crippen molar-refractivity contribution in [3.8, 4) is 5.69 Å². The number of hydrogen-bond donors (Lipinski definition) is 0. The molecule has 0 aliphatic heterocycles. The van der Waals surface area contributed by atoms with Gasteiger partial charge in [0.05, 0.1) is 23.9 Å². The van der Waals surface area contributed by atoms with Crippen molar-refractivity contribution in [2.45, 2.75) is 38.9 Å². The Balaban J connectivity index is 2.49. The van der Waals surface area contributed by atoms with Crippen LogP contribution in [-0.2, 0) is 20.0 Å². The van der Waals surface area contributed by atoms with E-state index in [1.165, 1.54) is 19.1 Å². The van der Waals surface area contributed by atoms with Gasteiger partial charge in [0.15, 0.2) is 0 Å². The van der Waals surface area contributed by atoms with E-state index < -0.39 is 25.0 Å². The van der Waals surface area contributed by atoms with Crippen LogP contribution < -0.4 is 5.69 Å². The standard InChI is InChI=1S/C16H19Cl3F2N3O4P/c1-4-27-29(26,28-5-2)14(19)7-10-6-13(12(18)8-11(10)17)24-16(25)23(15(20)21)9(3)22-24/h6,8,14-15H,4-5,7H2,1-3H3. The fourth-order valence-corrected chi connectivity index (χ4v) is 5.19. The molecule has 1 unspecified atom stereocenters. The van der Waals surface area contributed by atoms with Gasteiger partial charge in [-0.1, -0.05) is 23.2 Å². The minimum Gasteiger partial charge on any atom is -0.308 e. The lowest BCUT2D eigenvalue weighted by Gasteiger charge is -2.22. The van der Waals surface area contributed by atoms with Crippen molar-refractivity contribution in [3.05, 3.63) is 44.1 Å². The molecule has 1 atom stereocenters. The third kappa shape index (κ3) is 5.21. The molecule has 1 aromatic carbocycles. The highest BCUT2D eigenvalue weighted by Gasteiger charge is 2.35. The summed E-state index contributed by atoms with van der Waals surface area (Å²) in [4.78, 5) is 12.3. The van der Waals surface area contributed by atoms with Gasteiger partial charge in [0.2, 0.25) is 0 Å². The number of alkyl halides is 3. The molecule has 2 rings (SSSR count). The summed E-state index contributed by atoms with van der Waals surface area (Å²) in [6.45, 7) is 1.76. The fourth-order valence-electron chi connectivity index (χ4n) is 2.61. The summed E-state index contributed by atoms with van der Waals surface area (Å²) in [6.07, 6.45) is -0.0505. The lowest BCUT2D eigenvalue weighted by Crippen LogP contribution is -2.25. The van der Waals surface area contributed by atoms with Crippen molar-refractivity contribution in [1.82, 2.24) is 14.3 Å². The molecule has 0 aliphatic carbocycles. The van der Waals surface area contributed by atoms with E-state index in [4.69, 9.17) is 43.9 Å². The SMILES string of the molecule is CCOP(=O)(OCC)C(Cl)Cc1cc(-n2nc(C)n(C(F)F)c2=O)c(Cl)cc1Cl. The van der Waals surface area contributed by atoms with Crippen LogP contribution in [0.1, 0.15) is 31.8 Å². The van der Waals surface area contributed by atoms with Crippen molar-refractivity contribution in [2.24, 2.45) is 0 Å². The van der Waals surface area contributed by atoms with Crippen molar-refractivity contribution < 1.29 is 22.4 Å². The van der Waals surface area contributed by atoms with Gasteiger partial charge in [0.25, 0.3) is 0 Å². The van der Waals surface area contributed by atoms with Crippen LogP contribution in [0.3, 0.4) is 0 Å². The highest BCUT2D eigenvalue weighted by Crippen LogP contribution is 2.56. The predicted octanol–water partition coefficient (Wildman–Crippen LogP) is 5.42. The molecule has 0 fully saturated rings. The molecule has 1 aromatic heterocycles. The molecular formula is C16H19Cl3F2N3O4P. The lowest BCUT2D eigenvalue weighted by atomic mass is 10.1. The summed E-state index contributed by atoms with van der Waals surface area (Å²) >= 11 is 18.7. The van der Waals surface area contributed by atoms with Crippen LogP contribution in [0, 0.1) is 6.92 Å². The van der Waals surface area contributed by atoms with Gasteiger partial charge in [-0.25, -0.2) is 9.36 Å². The Morgan fingerprint density at radius 1 is 1.17 bits per heavy atom. The maximum absolute atomic E-state index is 13.1. The smallest absolute Gasteiger partial charge is 0.308 e. The van der Waals surface area contributed by atoms with Gasteiger partial charge >= 0.3 is 19.8 Å². The Morgan fingerprint density at radius 2 is 1.76 bits per heavy atom. The molecule has 1 heterocycles.